The molecule has 0 aliphatic carbocycles. The van der Waals surface area contributed by atoms with E-state index in [0.29, 0.717) is 17.1 Å². The lowest BCUT2D eigenvalue weighted by molar-refractivity contribution is 0.100. The Kier molecular flexibility index (Phi) is 5.03. The summed E-state index contributed by atoms with van der Waals surface area (Å²) in [5.74, 6) is 0.188. The Hall–Kier alpha value is -3.54. The predicted octanol–water partition coefficient (Wildman–Crippen LogP) is 3.70. The number of rotatable bonds is 5. The second-order valence-corrected chi connectivity index (χ2v) is 5.76. The molecule has 0 spiro atoms. The molecule has 0 bridgehead atoms. The first-order chi connectivity index (χ1) is 12.5. The van der Waals surface area contributed by atoms with Gasteiger partial charge in [-0.05, 0) is 43.3 Å². The molecule has 0 unspecified atom stereocenters. The van der Waals surface area contributed by atoms with Gasteiger partial charge in [0.2, 0.25) is 0 Å². The molecule has 0 radical (unpaired) electrons. The van der Waals surface area contributed by atoms with E-state index in [9.17, 15) is 9.59 Å². The summed E-state index contributed by atoms with van der Waals surface area (Å²) in [7, 11) is 1.88. The van der Waals surface area contributed by atoms with E-state index in [0.717, 1.165) is 5.69 Å². The Morgan fingerprint density at radius 3 is 2.35 bits per heavy atom. The Labute approximate surface area is 151 Å². The third-order valence-corrected chi connectivity index (χ3v) is 3.90. The molecule has 3 rings (SSSR count). The van der Waals surface area contributed by atoms with Gasteiger partial charge in [-0.15, -0.1) is 10.2 Å². The first-order valence-corrected chi connectivity index (χ1v) is 8.09. The van der Waals surface area contributed by atoms with E-state index in [1.807, 2.05) is 42.3 Å². The van der Waals surface area contributed by atoms with Gasteiger partial charge in [-0.1, -0.05) is 30.3 Å². The summed E-state index contributed by atoms with van der Waals surface area (Å²) in [6.07, 6.45) is 0. The zero-order valence-corrected chi connectivity index (χ0v) is 14.5. The van der Waals surface area contributed by atoms with Crippen molar-refractivity contribution < 1.29 is 9.59 Å². The van der Waals surface area contributed by atoms with Gasteiger partial charge in [0.25, 0.3) is 5.91 Å². The van der Waals surface area contributed by atoms with E-state index in [4.69, 9.17) is 0 Å². The SMILES string of the molecule is CC(=O)c1cccc(NC(=O)c2ccc(N(C)c3ccccc3)nn2)c1. The summed E-state index contributed by atoms with van der Waals surface area (Å²) >= 11 is 0. The second kappa shape index (κ2) is 7.57. The van der Waals surface area contributed by atoms with E-state index >= 15 is 0 Å². The van der Waals surface area contributed by atoms with Crippen LogP contribution >= 0.6 is 0 Å². The van der Waals surface area contributed by atoms with Crippen molar-refractivity contribution in [2.45, 2.75) is 6.92 Å². The molecule has 0 atom stereocenters. The number of Topliss-reactive ketones (excluding diaryl/α,β-unsaturated/α-hetero) is 1. The molecule has 2 aromatic carbocycles. The first-order valence-electron chi connectivity index (χ1n) is 8.09. The van der Waals surface area contributed by atoms with Crippen molar-refractivity contribution in [3.63, 3.8) is 0 Å². The summed E-state index contributed by atoms with van der Waals surface area (Å²) in [6.45, 7) is 1.48. The minimum atomic E-state index is -0.382. The number of para-hydroxylation sites is 1. The minimum Gasteiger partial charge on any atom is -0.328 e. The maximum atomic E-state index is 12.3. The first kappa shape index (κ1) is 17.3. The molecule has 0 aliphatic heterocycles. The highest BCUT2D eigenvalue weighted by Gasteiger charge is 2.11. The van der Waals surface area contributed by atoms with Gasteiger partial charge < -0.3 is 10.2 Å². The molecule has 0 saturated heterocycles. The van der Waals surface area contributed by atoms with Gasteiger partial charge in [-0.25, -0.2) is 0 Å². The highest BCUT2D eigenvalue weighted by molar-refractivity contribution is 6.03. The van der Waals surface area contributed by atoms with E-state index in [1.165, 1.54) is 6.92 Å². The molecule has 1 heterocycles. The summed E-state index contributed by atoms with van der Waals surface area (Å²) in [5, 5.41) is 10.9. The van der Waals surface area contributed by atoms with Crippen LogP contribution in [0.3, 0.4) is 0 Å². The maximum Gasteiger partial charge on any atom is 0.276 e. The third-order valence-electron chi connectivity index (χ3n) is 3.90. The van der Waals surface area contributed by atoms with Crippen LogP contribution in [0.5, 0.6) is 0 Å². The second-order valence-electron chi connectivity index (χ2n) is 5.76. The molecule has 6 heteroatoms. The molecule has 26 heavy (non-hydrogen) atoms. The van der Waals surface area contributed by atoms with Crippen molar-refractivity contribution >= 4 is 28.9 Å². The van der Waals surface area contributed by atoms with E-state index in [2.05, 4.69) is 15.5 Å². The van der Waals surface area contributed by atoms with Gasteiger partial charge in [-0.3, -0.25) is 9.59 Å². The largest absolute Gasteiger partial charge is 0.328 e. The summed E-state index contributed by atoms with van der Waals surface area (Å²) < 4.78 is 0. The number of ketones is 1. The number of nitrogens with zero attached hydrogens (tertiary/aromatic N) is 3. The van der Waals surface area contributed by atoms with Crippen molar-refractivity contribution in [3.05, 3.63) is 78.0 Å². The van der Waals surface area contributed by atoms with Crippen molar-refractivity contribution in [1.29, 1.82) is 0 Å². The lowest BCUT2D eigenvalue weighted by Gasteiger charge is -2.17. The fourth-order valence-corrected chi connectivity index (χ4v) is 2.42. The van der Waals surface area contributed by atoms with Crippen LogP contribution < -0.4 is 10.2 Å². The van der Waals surface area contributed by atoms with Gasteiger partial charge in [0.05, 0.1) is 0 Å². The molecule has 0 fully saturated rings. The predicted molar refractivity (Wildman–Crippen MR) is 101 cm³/mol. The van der Waals surface area contributed by atoms with E-state index in [1.54, 1.807) is 36.4 Å². The minimum absolute atomic E-state index is 0.0609. The zero-order chi connectivity index (χ0) is 18.5. The van der Waals surface area contributed by atoms with Crippen LogP contribution in [-0.2, 0) is 0 Å². The number of hydrogen-bond acceptors (Lipinski definition) is 5. The Morgan fingerprint density at radius 2 is 1.69 bits per heavy atom. The van der Waals surface area contributed by atoms with Gasteiger partial charge >= 0.3 is 0 Å². The lowest BCUT2D eigenvalue weighted by atomic mass is 10.1. The number of carbonyl (C=O) groups excluding carboxylic acids is 2. The third kappa shape index (κ3) is 3.92. The van der Waals surface area contributed by atoms with Crippen LogP contribution in [0.4, 0.5) is 17.2 Å². The normalized spacial score (nSPS) is 10.2. The summed E-state index contributed by atoms with van der Waals surface area (Å²) in [6, 6.07) is 19.9. The highest BCUT2D eigenvalue weighted by Crippen LogP contribution is 2.20. The van der Waals surface area contributed by atoms with E-state index < -0.39 is 0 Å². The topological polar surface area (TPSA) is 75.2 Å². The smallest absolute Gasteiger partial charge is 0.276 e. The quantitative estimate of drug-likeness (QED) is 0.713. The fraction of sp³-hybridized carbons (Fsp3) is 0.100. The standard InChI is InChI=1S/C20H18N4O2/c1-14(25)15-7-6-8-16(13-15)21-20(26)18-11-12-19(23-22-18)24(2)17-9-4-3-5-10-17/h3-13H,1-2H3,(H,21,26). The molecule has 6 nitrogen and oxygen atoms in total. The molecular weight excluding hydrogens is 328 g/mol. The van der Waals surface area contributed by atoms with Gasteiger partial charge in [0.15, 0.2) is 17.3 Å². The zero-order valence-electron chi connectivity index (χ0n) is 14.5. The molecule has 130 valence electrons. The summed E-state index contributed by atoms with van der Waals surface area (Å²) in [4.78, 5) is 25.6. The lowest BCUT2D eigenvalue weighted by Crippen LogP contribution is -2.17. The van der Waals surface area contributed by atoms with Crippen LogP contribution in [-0.4, -0.2) is 28.9 Å². The Morgan fingerprint density at radius 1 is 0.923 bits per heavy atom. The molecule has 1 amide bonds. The summed E-state index contributed by atoms with van der Waals surface area (Å²) in [5.41, 5.74) is 2.24. The maximum absolute atomic E-state index is 12.3. The molecule has 1 N–H and O–H groups in total. The molecule has 0 aliphatic rings. The molecule has 0 saturated carbocycles. The van der Waals surface area contributed by atoms with Gasteiger partial charge in [0.1, 0.15) is 0 Å². The molecular formula is C20H18N4O2. The van der Waals surface area contributed by atoms with Crippen molar-refractivity contribution in [2.24, 2.45) is 0 Å². The van der Waals surface area contributed by atoms with E-state index in [-0.39, 0.29) is 17.4 Å². The number of amides is 1. The highest BCUT2D eigenvalue weighted by atomic mass is 16.2. The average Bonchev–Trinajstić information content (AvgIpc) is 2.68. The van der Waals surface area contributed by atoms with Crippen molar-refractivity contribution in [2.75, 3.05) is 17.3 Å². The number of benzene rings is 2. The van der Waals surface area contributed by atoms with Crippen LogP contribution in [0.1, 0.15) is 27.8 Å². The van der Waals surface area contributed by atoms with Crippen LogP contribution in [0, 0.1) is 0 Å². The van der Waals surface area contributed by atoms with Gasteiger partial charge in [0, 0.05) is 24.0 Å². The monoisotopic (exact) mass is 346 g/mol. The average molecular weight is 346 g/mol. The fourth-order valence-electron chi connectivity index (χ4n) is 2.42. The Balaban J connectivity index is 1.73. The van der Waals surface area contributed by atoms with Gasteiger partial charge in [-0.2, -0.15) is 0 Å². The van der Waals surface area contributed by atoms with Crippen LogP contribution in [0.25, 0.3) is 0 Å². The van der Waals surface area contributed by atoms with Crippen molar-refractivity contribution in [3.8, 4) is 0 Å². The van der Waals surface area contributed by atoms with Crippen LogP contribution in [0.2, 0.25) is 0 Å². The number of carbonyl (C=O) groups is 2. The number of anilines is 3. The Bertz CT molecular complexity index is 924. The van der Waals surface area contributed by atoms with Crippen LogP contribution in [0.15, 0.2) is 66.7 Å². The molecule has 1 aromatic heterocycles. The van der Waals surface area contributed by atoms with Crippen molar-refractivity contribution in [1.82, 2.24) is 10.2 Å². The number of aromatic nitrogens is 2. The number of nitrogens with one attached hydrogen (secondary N) is 1. The number of hydrogen-bond donors (Lipinski definition) is 1. The molecule has 3 aromatic rings.